The van der Waals surface area contributed by atoms with E-state index >= 15 is 0 Å². The smallest absolute Gasteiger partial charge is 0.273 e. The molecule has 1 fully saturated rings. The van der Waals surface area contributed by atoms with Crippen molar-refractivity contribution >= 4 is 50.0 Å². The molecule has 1 atom stereocenters. The number of hydrogen-bond donors (Lipinski definition) is 1. The number of amides is 1. The van der Waals surface area contributed by atoms with Crippen LogP contribution in [0.1, 0.15) is 19.8 Å². The molecule has 0 radical (unpaired) electrons. The van der Waals surface area contributed by atoms with Crippen LogP contribution >= 0.6 is 22.9 Å². The average Bonchev–Trinajstić information content (AvgIpc) is 3.11. The van der Waals surface area contributed by atoms with E-state index in [-0.39, 0.29) is 18.0 Å². The molecule has 7 nitrogen and oxygen atoms in total. The van der Waals surface area contributed by atoms with Gasteiger partial charge in [0.05, 0.1) is 0 Å². The van der Waals surface area contributed by atoms with Crippen molar-refractivity contribution in [3.05, 3.63) is 46.0 Å². The standard InChI is InChI=1S/C19H20ClN5O2S/c1-12-3-2-8-24(9-12)19-23-17-16(28-19)18(27)25(11-21-17)10-15(26)22-14-6-4-13(20)5-7-14/h4-7,11-12H,2-3,8-10H2,1H3,(H,22,26). The fourth-order valence-corrected chi connectivity index (χ4v) is 4.46. The second kappa shape index (κ2) is 7.89. The third kappa shape index (κ3) is 4.02. The molecule has 1 amide bonds. The van der Waals surface area contributed by atoms with E-state index in [9.17, 15) is 9.59 Å². The molecular formula is C19H20ClN5O2S. The first kappa shape index (κ1) is 18.9. The first-order chi connectivity index (χ1) is 13.5. The predicted molar refractivity (Wildman–Crippen MR) is 112 cm³/mol. The number of anilines is 2. The Kier molecular flexibility index (Phi) is 5.32. The van der Waals surface area contributed by atoms with E-state index in [0.29, 0.717) is 27.0 Å². The van der Waals surface area contributed by atoms with Gasteiger partial charge in [-0.1, -0.05) is 29.9 Å². The van der Waals surface area contributed by atoms with Crippen molar-refractivity contribution in [2.75, 3.05) is 23.3 Å². The molecule has 9 heteroatoms. The highest BCUT2D eigenvalue weighted by Gasteiger charge is 2.21. The molecule has 2 aromatic heterocycles. The van der Waals surface area contributed by atoms with Crippen LogP contribution in [-0.2, 0) is 11.3 Å². The molecule has 28 heavy (non-hydrogen) atoms. The summed E-state index contributed by atoms with van der Waals surface area (Å²) in [5, 5.41) is 4.17. The number of nitrogens with one attached hydrogen (secondary N) is 1. The van der Waals surface area contributed by atoms with Crippen LogP contribution in [0.25, 0.3) is 10.3 Å². The fourth-order valence-electron chi connectivity index (χ4n) is 3.33. The Balaban J connectivity index is 1.53. The topological polar surface area (TPSA) is 80.1 Å². The Morgan fingerprint density at radius 3 is 2.89 bits per heavy atom. The Morgan fingerprint density at radius 1 is 1.36 bits per heavy atom. The summed E-state index contributed by atoms with van der Waals surface area (Å²) in [5.41, 5.74) is 0.818. The molecule has 3 aromatic rings. The zero-order chi connectivity index (χ0) is 19.7. The largest absolute Gasteiger partial charge is 0.348 e. The van der Waals surface area contributed by atoms with Crippen LogP contribution < -0.4 is 15.8 Å². The number of carbonyl (C=O) groups excluding carboxylic acids is 1. The van der Waals surface area contributed by atoms with E-state index in [1.54, 1.807) is 24.3 Å². The molecule has 0 aliphatic carbocycles. The van der Waals surface area contributed by atoms with Gasteiger partial charge < -0.3 is 10.2 Å². The van der Waals surface area contributed by atoms with Gasteiger partial charge in [0.15, 0.2) is 10.8 Å². The number of thiazole rings is 1. The van der Waals surface area contributed by atoms with E-state index in [2.05, 4.69) is 27.1 Å². The minimum Gasteiger partial charge on any atom is -0.348 e. The fraction of sp³-hybridized carbons (Fsp3) is 0.368. The summed E-state index contributed by atoms with van der Waals surface area (Å²) < 4.78 is 1.80. The monoisotopic (exact) mass is 417 g/mol. The number of rotatable bonds is 4. The van der Waals surface area contributed by atoms with E-state index in [4.69, 9.17) is 11.6 Å². The number of benzene rings is 1. The van der Waals surface area contributed by atoms with Gasteiger partial charge in [-0.15, -0.1) is 0 Å². The molecule has 1 unspecified atom stereocenters. The first-order valence-corrected chi connectivity index (χ1v) is 10.4. The maximum Gasteiger partial charge on any atom is 0.273 e. The van der Waals surface area contributed by atoms with Crippen molar-refractivity contribution in [1.82, 2.24) is 14.5 Å². The molecule has 1 saturated heterocycles. The van der Waals surface area contributed by atoms with Crippen molar-refractivity contribution in [2.45, 2.75) is 26.3 Å². The van der Waals surface area contributed by atoms with Crippen LogP contribution in [0.4, 0.5) is 10.8 Å². The Labute approximate surface area is 171 Å². The molecular weight excluding hydrogens is 398 g/mol. The highest BCUT2D eigenvalue weighted by Crippen LogP contribution is 2.29. The summed E-state index contributed by atoms with van der Waals surface area (Å²) in [5.74, 6) is 0.308. The SMILES string of the molecule is CC1CCCN(c2nc3ncn(CC(=O)Nc4ccc(Cl)cc4)c(=O)c3s2)C1. The van der Waals surface area contributed by atoms with E-state index in [0.717, 1.165) is 24.6 Å². The van der Waals surface area contributed by atoms with Crippen LogP contribution in [-0.4, -0.2) is 33.5 Å². The molecule has 1 aliphatic rings. The summed E-state index contributed by atoms with van der Waals surface area (Å²) >= 11 is 7.20. The molecule has 1 aromatic carbocycles. The number of aromatic nitrogens is 3. The molecule has 0 saturated carbocycles. The van der Waals surface area contributed by atoms with Gasteiger partial charge >= 0.3 is 0 Å². The second-order valence-electron chi connectivity index (χ2n) is 7.08. The van der Waals surface area contributed by atoms with Crippen LogP contribution in [0.5, 0.6) is 0 Å². The quantitative estimate of drug-likeness (QED) is 0.703. The van der Waals surface area contributed by atoms with Crippen molar-refractivity contribution in [2.24, 2.45) is 5.92 Å². The molecule has 0 bridgehead atoms. The summed E-state index contributed by atoms with van der Waals surface area (Å²) in [6.45, 7) is 4.00. The third-order valence-corrected chi connectivity index (χ3v) is 6.09. The zero-order valence-electron chi connectivity index (χ0n) is 15.4. The van der Waals surface area contributed by atoms with Gasteiger partial charge in [0.25, 0.3) is 5.56 Å². The third-order valence-electron chi connectivity index (χ3n) is 4.74. The maximum atomic E-state index is 12.8. The van der Waals surface area contributed by atoms with Crippen molar-refractivity contribution in [1.29, 1.82) is 0 Å². The summed E-state index contributed by atoms with van der Waals surface area (Å²) in [4.78, 5) is 36.1. The summed E-state index contributed by atoms with van der Waals surface area (Å²) in [6.07, 6.45) is 3.73. The van der Waals surface area contributed by atoms with Crippen molar-refractivity contribution in [3.8, 4) is 0 Å². The van der Waals surface area contributed by atoms with Gasteiger partial charge in [-0.2, -0.15) is 4.98 Å². The number of hydrogen-bond acceptors (Lipinski definition) is 6. The number of fused-ring (bicyclic) bond motifs is 1. The minimum absolute atomic E-state index is 0.113. The van der Waals surface area contributed by atoms with E-state index < -0.39 is 0 Å². The first-order valence-electron chi connectivity index (χ1n) is 9.16. The van der Waals surface area contributed by atoms with Crippen LogP contribution in [0.2, 0.25) is 5.02 Å². The minimum atomic E-state index is -0.305. The van der Waals surface area contributed by atoms with Crippen LogP contribution in [0.3, 0.4) is 0 Å². The molecule has 4 rings (SSSR count). The van der Waals surface area contributed by atoms with Gasteiger partial charge in [-0.25, -0.2) is 4.98 Å². The maximum absolute atomic E-state index is 12.8. The molecule has 3 heterocycles. The number of nitrogens with zero attached hydrogens (tertiary/aromatic N) is 4. The zero-order valence-corrected chi connectivity index (χ0v) is 17.0. The lowest BCUT2D eigenvalue weighted by Gasteiger charge is -2.30. The van der Waals surface area contributed by atoms with Crippen LogP contribution in [0.15, 0.2) is 35.4 Å². The normalized spacial score (nSPS) is 17.1. The Morgan fingerprint density at radius 2 is 2.14 bits per heavy atom. The van der Waals surface area contributed by atoms with Gasteiger partial charge in [-0.3, -0.25) is 14.2 Å². The van der Waals surface area contributed by atoms with Gasteiger partial charge in [-0.05, 0) is 43.0 Å². The van der Waals surface area contributed by atoms with E-state index in [1.807, 2.05) is 0 Å². The lowest BCUT2D eigenvalue weighted by Crippen LogP contribution is -2.34. The van der Waals surface area contributed by atoms with Crippen LogP contribution in [0, 0.1) is 5.92 Å². The number of halogens is 1. The second-order valence-corrected chi connectivity index (χ2v) is 8.49. The predicted octanol–water partition coefficient (Wildman–Crippen LogP) is 3.38. The van der Waals surface area contributed by atoms with Gasteiger partial charge in [0.2, 0.25) is 5.91 Å². The molecule has 0 spiro atoms. The van der Waals surface area contributed by atoms with E-state index in [1.165, 1.54) is 28.7 Å². The van der Waals surface area contributed by atoms with Gasteiger partial charge in [0.1, 0.15) is 17.6 Å². The van der Waals surface area contributed by atoms with Crippen molar-refractivity contribution in [3.63, 3.8) is 0 Å². The highest BCUT2D eigenvalue weighted by molar-refractivity contribution is 7.22. The molecule has 146 valence electrons. The molecule has 1 N–H and O–H groups in total. The van der Waals surface area contributed by atoms with Crippen molar-refractivity contribution < 1.29 is 4.79 Å². The lowest BCUT2D eigenvalue weighted by atomic mass is 10.0. The lowest BCUT2D eigenvalue weighted by molar-refractivity contribution is -0.116. The highest BCUT2D eigenvalue weighted by atomic mass is 35.5. The number of carbonyl (C=O) groups is 1. The van der Waals surface area contributed by atoms with Gasteiger partial charge in [0, 0.05) is 23.8 Å². The average molecular weight is 418 g/mol. The Bertz CT molecular complexity index is 1060. The summed E-state index contributed by atoms with van der Waals surface area (Å²) in [6, 6.07) is 6.80. The summed E-state index contributed by atoms with van der Waals surface area (Å²) in [7, 11) is 0. The molecule has 1 aliphatic heterocycles. The Hall–Kier alpha value is -2.45. The number of piperidine rings is 1.